The van der Waals surface area contributed by atoms with Gasteiger partial charge in [0.2, 0.25) is 0 Å². The van der Waals surface area contributed by atoms with Crippen molar-refractivity contribution in [2.24, 2.45) is 0 Å². The highest BCUT2D eigenvalue weighted by atomic mass is 19.1. The number of hydrogen-bond donors (Lipinski definition) is 1. The van der Waals surface area contributed by atoms with E-state index in [0.29, 0.717) is 12.6 Å². The second-order valence-electron chi connectivity index (χ2n) is 4.69. The minimum atomic E-state index is -0.206. The van der Waals surface area contributed by atoms with Crippen molar-refractivity contribution < 1.29 is 4.39 Å². The Morgan fingerprint density at radius 2 is 2.11 bits per heavy atom. The molecule has 4 heteroatoms. The Kier molecular flexibility index (Phi) is 3.65. The van der Waals surface area contributed by atoms with Crippen LogP contribution < -0.4 is 5.32 Å². The molecule has 2 aromatic rings. The van der Waals surface area contributed by atoms with Crippen molar-refractivity contribution in [1.82, 2.24) is 9.78 Å². The summed E-state index contributed by atoms with van der Waals surface area (Å²) in [6.07, 6.45) is 1.97. The number of rotatable bonds is 4. The third-order valence-electron chi connectivity index (χ3n) is 2.84. The normalized spacial score (nSPS) is 10.9. The van der Waals surface area contributed by atoms with E-state index in [1.54, 1.807) is 6.07 Å². The Balaban J connectivity index is 2.02. The second-order valence-corrected chi connectivity index (χ2v) is 4.69. The molecular formula is C14H18FN3. The summed E-state index contributed by atoms with van der Waals surface area (Å²) in [5, 5.41) is 7.72. The highest BCUT2D eigenvalue weighted by Crippen LogP contribution is 2.16. The van der Waals surface area contributed by atoms with Crippen molar-refractivity contribution in [2.75, 3.05) is 5.32 Å². The predicted octanol–water partition coefficient (Wildman–Crippen LogP) is 3.52. The largest absolute Gasteiger partial charge is 0.379 e. The van der Waals surface area contributed by atoms with Gasteiger partial charge in [-0.05, 0) is 50.6 Å². The zero-order chi connectivity index (χ0) is 13.1. The summed E-state index contributed by atoms with van der Waals surface area (Å²) in [6, 6.07) is 7.10. The third-order valence-corrected chi connectivity index (χ3v) is 2.84. The van der Waals surface area contributed by atoms with Gasteiger partial charge in [-0.25, -0.2) is 4.39 Å². The lowest BCUT2D eigenvalue weighted by Crippen LogP contribution is -2.05. The molecular weight excluding hydrogens is 229 g/mol. The first-order chi connectivity index (χ1) is 8.56. The van der Waals surface area contributed by atoms with Crippen molar-refractivity contribution in [3.8, 4) is 0 Å². The molecule has 1 heterocycles. The van der Waals surface area contributed by atoms with Crippen LogP contribution in [-0.2, 0) is 6.54 Å². The van der Waals surface area contributed by atoms with Crippen LogP contribution in [0.25, 0.3) is 0 Å². The fourth-order valence-electron chi connectivity index (χ4n) is 1.77. The topological polar surface area (TPSA) is 29.9 Å². The first-order valence-corrected chi connectivity index (χ1v) is 6.10. The lowest BCUT2D eigenvalue weighted by atomic mass is 10.2. The molecule has 18 heavy (non-hydrogen) atoms. The van der Waals surface area contributed by atoms with Gasteiger partial charge >= 0.3 is 0 Å². The molecule has 2 rings (SSSR count). The minimum Gasteiger partial charge on any atom is -0.379 e. The molecule has 0 atom stereocenters. The van der Waals surface area contributed by atoms with E-state index in [9.17, 15) is 4.39 Å². The van der Waals surface area contributed by atoms with Crippen LogP contribution in [0.5, 0.6) is 0 Å². The van der Waals surface area contributed by atoms with Crippen LogP contribution in [0, 0.1) is 12.7 Å². The van der Waals surface area contributed by atoms with Crippen molar-refractivity contribution in [1.29, 1.82) is 0 Å². The van der Waals surface area contributed by atoms with E-state index < -0.39 is 0 Å². The molecule has 0 radical (unpaired) electrons. The van der Waals surface area contributed by atoms with E-state index in [4.69, 9.17) is 0 Å². The van der Waals surface area contributed by atoms with E-state index in [0.717, 1.165) is 16.9 Å². The Labute approximate surface area is 107 Å². The summed E-state index contributed by atoms with van der Waals surface area (Å²) in [7, 11) is 0. The van der Waals surface area contributed by atoms with Crippen molar-refractivity contribution in [3.05, 3.63) is 47.5 Å². The fraction of sp³-hybridized carbons (Fsp3) is 0.357. The van der Waals surface area contributed by atoms with Gasteiger partial charge < -0.3 is 5.32 Å². The highest BCUT2D eigenvalue weighted by Gasteiger charge is 2.03. The smallest absolute Gasteiger partial charge is 0.123 e. The van der Waals surface area contributed by atoms with Crippen molar-refractivity contribution in [3.63, 3.8) is 0 Å². The van der Waals surface area contributed by atoms with Gasteiger partial charge in [0.1, 0.15) is 5.82 Å². The third kappa shape index (κ3) is 2.88. The van der Waals surface area contributed by atoms with Gasteiger partial charge in [0.15, 0.2) is 0 Å². The lowest BCUT2D eigenvalue weighted by Gasteiger charge is -2.08. The summed E-state index contributed by atoms with van der Waals surface area (Å²) in [5.41, 5.74) is 2.82. The van der Waals surface area contributed by atoms with Gasteiger partial charge in [-0.15, -0.1) is 0 Å². The summed E-state index contributed by atoms with van der Waals surface area (Å²) in [5.74, 6) is -0.206. The minimum absolute atomic E-state index is 0.206. The molecule has 0 aliphatic rings. The standard InChI is InChI=1S/C14H18FN3/c1-10(2)18-7-6-13(17-18)9-16-14-5-4-12(15)8-11(14)3/h4-8,10,16H,9H2,1-3H3. The number of aryl methyl sites for hydroxylation is 1. The van der Waals surface area contributed by atoms with Crippen LogP contribution in [0.3, 0.4) is 0 Å². The molecule has 0 saturated heterocycles. The number of benzene rings is 1. The summed E-state index contributed by atoms with van der Waals surface area (Å²) < 4.78 is 14.9. The van der Waals surface area contributed by atoms with Crippen LogP contribution in [0.4, 0.5) is 10.1 Å². The van der Waals surface area contributed by atoms with Crippen LogP contribution in [0.15, 0.2) is 30.5 Å². The fourth-order valence-corrected chi connectivity index (χ4v) is 1.77. The Hall–Kier alpha value is -1.84. The molecule has 0 bridgehead atoms. The molecule has 1 aromatic carbocycles. The number of aromatic nitrogens is 2. The Morgan fingerprint density at radius 1 is 1.33 bits per heavy atom. The maximum absolute atomic E-state index is 13.0. The van der Waals surface area contributed by atoms with Gasteiger partial charge in [-0.1, -0.05) is 0 Å². The van der Waals surface area contributed by atoms with Crippen molar-refractivity contribution >= 4 is 5.69 Å². The number of halogens is 1. The summed E-state index contributed by atoms with van der Waals surface area (Å²) >= 11 is 0. The number of nitrogens with one attached hydrogen (secondary N) is 1. The molecule has 3 nitrogen and oxygen atoms in total. The number of hydrogen-bond acceptors (Lipinski definition) is 2. The van der Waals surface area contributed by atoms with Crippen molar-refractivity contribution in [2.45, 2.75) is 33.4 Å². The molecule has 96 valence electrons. The molecule has 0 unspecified atom stereocenters. The zero-order valence-electron chi connectivity index (χ0n) is 10.9. The van der Waals surface area contributed by atoms with E-state index in [1.807, 2.05) is 23.9 Å². The van der Waals surface area contributed by atoms with E-state index >= 15 is 0 Å². The Morgan fingerprint density at radius 3 is 2.72 bits per heavy atom. The summed E-state index contributed by atoms with van der Waals surface area (Å²) in [4.78, 5) is 0. The first kappa shape index (κ1) is 12.6. The first-order valence-electron chi connectivity index (χ1n) is 6.10. The van der Waals surface area contributed by atoms with Gasteiger partial charge in [-0.2, -0.15) is 5.10 Å². The molecule has 0 aliphatic carbocycles. The van der Waals surface area contributed by atoms with Crippen LogP contribution in [0.2, 0.25) is 0 Å². The highest BCUT2D eigenvalue weighted by molar-refractivity contribution is 5.50. The maximum atomic E-state index is 13.0. The van der Waals surface area contributed by atoms with Gasteiger partial charge in [0.25, 0.3) is 0 Å². The van der Waals surface area contributed by atoms with E-state index in [-0.39, 0.29) is 5.82 Å². The Bertz CT molecular complexity index is 532. The summed E-state index contributed by atoms with van der Waals surface area (Å²) in [6.45, 7) is 6.72. The molecule has 0 aliphatic heterocycles. The lowest BCUT2D eigenvalue weighted by molar-refractivity contribution is 0.527. The predicted molar refractivity (Wildman–Crippen MR) is 71.1 cm³/mol. The van der Waals surface area contributed by atoms with Gasteiger partial charge in [-0.3, -0.25) is 4.68 Å². The molecule has 1 N–H and O–H groups in total. The van der Waals surface area contributed by atoms with Crippen LogP contribution in [-0.4, -0.2) is 9.78 Å². The quantitative estimate of drug-likeness (QED) is 0.895. The molecule has 0 saturated carbocycles. The average molecular weight is 247 g/mol. The van der Waals surface area contributed by atoms with Gasteiger partial charge in [0, 0.05) is 17.9 Å². The molecule has 0 amide bonds. The average Bonchev–Trinajstić information content (AvgIpc) is 2.76. The molecule has 1 aromatic heterocycles. The van der Waals surface area contributed by atoms with E-state index in [1.165, 1.54) is 12.1 Å². The molecule has 0 fully saturated rings. The van der Waals surface area contributed by atoms with Crippen LogP contribution in [0.1, 0.15) is 31.1 Å². The van der Waals surface area contributed by atoms with E-state index in [2.05, 4.69) is 24.3 Å². The monoisotopic (exact) mass is 247 g/mol. The zero-order valence-corrected chi connectivity index (χ0v) is 10.9. The maximum Gasteiger partial charge on any atom is 0.123 e. The van der Waals surface area contributed by atoms with Crippen LogP contribution >= 0.6 is 0 Å². The molecule has 0 spiro atoms. The SMILES string of the molecule is Cc1cc(F)ccc1NCc1ccn(C(C)C)n1. The second kappa shape index (κ2) is 5.21. The number of anilines is 1. The number of nitrogens with zero attached hydrogens (tertiary/aromatic N) is 2. The van der Waals surface area contributed by atoms with Gasteiger partial charge in [0.05, 0.1) is 12.2 Å².